The molecule has 0 amide bonds. The number of methoxy groups -OCH3 is 2. The van der Waals surface area contributed by atoms with Crippen molar-refractivity contribution < 1.29 is 14.2 Å². The van der Waals surface area contributed by atoms with Crippen LogP contribution < -0.4 is 14.2 Å². The van der Waals surface area contributed by atoms with Crippen molar-refractivity contribution >= 4 is 10.9 Å². The average molecular weight is 262 g/mol. The number of hydrogen-bond acceptors (Lipinski definition) is 4. The lowest BCUT2D eigenvalue weighted by molar-refractivity contribution is -0.623. The number of aryl methyl sites for hydroxylation is 1. The van der Waals surface area contributed by atoms with Crippen molar-refractivity contribution in [2.24, 2.45) is 0 Å². The first-order valence-corrected chi connectivity index (χ1v) is 6.15. The number of hydrogen-bond donors (Lipinski definition) is 0. The lowest BCUT2D eigenvalue weighted by atomic mass is 10.1. The van der Waals surface area contributed by atoms with E-state index in [-0.39, 0.29) is 5.92 Å². The van der Waals surface area contributed by atoms with Crippen molar-refractivity contribution in [2.45, 2.75) is 26.7 Å². The van der Waals surface area contributed by atoms with Gasteiger partial charge in [-0.25, -0.2) is 4.73 Å². The van der Waals surface area contributed by atoms with E-state index in [9.17, 15) is 5.21 Å². The van der Waals surface area contributed by atoms with Crippen molar-refractivity contribution in [1.29, 1.82) is 0 Å². The second-order valence-corrected chi connectivity index (χ2v) is 4.73. The second kappa shape index (κ2) is 4.91. The topological polar surface area (TPSA) is 58.3 Å². The maximum absolute atomic E-state index is 12.2. The van der Waals surface area contributed by atoms with E-state index in [2.05, 4.69) is 4.98 Å². The van der Waals surface area contributed by atoms with Gasteiger partial charge < -0.3 is 14.7 Å². The maximum atomic E-state index is 12.2. The lowest BCUT2D eigenvalue weighted by Crippen LogP contribution is -2.37. The van der Waals surface area contributed by atoms with Crippen LogP contribution in [0.4, 0.5) is 0 Å². The summed E-state index contributed by atoms with van der Waals surface area (Å²) in [6.07, 6.45) is 0. The Morgan fingerprint density at radius 2 is 1.74 bits per heavy atom. The first kappa shape index (κ1) is 13.4. The summed E-state index contributed by atoms with van der Waals surface area (Å²) in [5, 5.41) is 12.9. The molecular formula is C14H18N2O3. The summed E-state index contributed by atoms with van der Waals surface area (Å²) in [7, 11) is 3.15. The molecule has 0 bridgehead atoms. The molecular weight excluding hydrogens is 244 g/mol. The smallest absolute Gasteiger partial charge is 0.304 e. The highest BCUT2D eigenvalue weighted by Crippen LogP contribution is 2.32. The first-order chi connectivity index (χ1) is 8.99. The van der Waals surface area contributed by atoms with Gasteiger partial charge in [-0.05, 0) is 18.0 Å². The molecule has 0 N–H and O–H groups in total. The molecule has 2 aromatic rings. The van der Waals surface area contributed by atoms with Crippen LogP contribution in [0.3, 0.4) is 0 Å². The predicted molar refractivity (Wildman–Crippen MR) is 72.6 cm³/mol. The SMILES string of the molecule is COc1cc2nc(C(C)C)[n+]([O-])c(C)c2cc1OC. The molecule has 0 atom stereocenters. The van der Waals surface area contributed by atoms with Gasteiger partial charge in [-0.15, -0.1) is 0 Å². The molecule has 0 spiro atoms. The highest BCUT2D eigenvalue weighted by molar-refractivity contribution is 5.83. The molecule has 0 saturated carbocycles. The van der Waals surface area contributed by atoms with Crippen LogP contribution in [-0.2, 0) is 0 Å². The number of aromatic nitrogens is 2. The van der Waals surface area contributed by atoms with Gasteiger partial charge in [0.25, 0.3) is 0 Å². The standard InChI is InChI=1S/C14H18N2O3/c1-8(2)14-15-11-7-13(19-5)12(18-4)6-10(11)9(3)16(14)17/h6-8H,1-5H3. The van der Waals surface area contributed by atoms with Crippen LogP contribution in [0.5, 0.6) is 11.5 Å². The minimum atomic E-state index is 0.0636. The van der Waals surface area contributed by atoms with Crippen molar-refractivity contribution in [2.75, 3.05) is 14.2 Å². The Kier molecular flexibility index (Phi) is 3.46. The number of benzene rings is 1. The normalized spacial score (nSPS) is 11.1. The van der Waals surface area contributed by atoms with Gasteiger partial charge in [-0.1, -0.05) is 13.8 Å². The minimum absolute atomic E-state index is 0.0636. The van der Waals surface area contributed by atoms with Crippen LogP contribution >= 0.6 is 0 Å². The largest absolute Gasteiger partial charge is 0.711 e. The highest BCUT2D eigenvalue weighted by Gasteiger charge is 2.20. The minimum Gasteiger partial charge on any atom is -0.711 e. The van der Waals surface area contributed by atoms with Crippen molar-refractivity contribution in [3.05, 3.63) is 28.9 Å². The zero-order valence-corrected chi connectivity index (χ0v) is 11.9. The first-order valence-electron chi connectivity index (χ1n) is 6.15. The molecule has 0 aliphatic rings. The summed E-state index contributed by atoms with van der Waals surface area (Å²) in [6, 6.07) is 3.59. The van der Waals surface area contributed by atoms with E-state index >= 15 is 0 Å². The predicted octanol–water partition coefficient (Wildman–Crippen LogP) is 2.32. The van der Waals surface area contributed by atoms with Crippen molar-refractivity contribution in [3.63, 3.8) is 0 Å². The van der Waals surface area contributed by atoms with E-state index in [4.69, 9.17) is 9.47 Å². The molecule has 0 unspecified atom stereocenters. The molecule has 1 heterocycles. The Morgan fingerprint density at radius 3 is 2.26 bits per heavy atom. The molecule has 1 aromatic carbocycles. The van der Waals surface area contributed by atoms with E-state index in [1.165, 1.54) is 0 Å². The Bertz CT molecular complexity index is 624. The molecule has 19 heavy (non-hydrogen) atoms. The molecule has 102 valence electrons. The molecule has 0 saturated heterocycles. The van der Waals surface area contributed by atoms with E-state index in [1.54, 1.807) is 33.3 Å². The van der Waals surface area contributed by atoms with E-state index in [0.717, 1.165) is 15.6 Å². The van der Waals surface area contributed by atoms with Crippen LogP contribution in [0.1, 0.15) is 31.3 Å². The zero-order chi connectivity index (χ0) is 14.2. The van der Waals surface area contributed by atoms with Gasteiger partial charge in [0.15, 0.2) is 17.0 Å². The van der Waals surface area contributed by atoms with E-state index in [1.807, 2.05) is 13.8 Å². The van der Waals surface area contributed by atoms with Gasteiger partial charge in [-0.3, -0.25) is 0 Å². The van der Waals surface area contributed by atoms with Crippen LogP contribution in [0, 0.1) is 12.1 Å². The Balaban J connectivity index is 2.81. The Hall–Kier alpha value is -2.04. The van der Waals surface area contributed by atoms with Crippen LogP contribution in [0.2, 0.25) is 0 Å². The van der Waals surface area contributed by atoms with E-state index in [0.29, 0.717) is 23.0 Å². The van der Waals surface area contributed by atoms with Gasteiger partial charge in [0, 0.05) is 6.07 Å². The molecule has 0 aliphatic heterocycles. The summed E-state index contributed by atoms with van der Waals surface area (Å²) in [5.74, 6) is 1.78. The van der Waals surface area contributed by atoms with Crippen molar-refractivity contribution in [3.8, 4) is 11.5 Å². The molecule has 2 rings (SSSR count). The third-order valence-electron chi connectivity index (χ3n) is 3.16. The zero-order valence-electron chi connectivity index (χ0n) is 11.9. The summed E-state index contributed by atoms with van der Waals surface area (Å²) >= 11 is 0. The number of rotatable bonds is 3. The summed E-state index contributed by atoms with van der Waals surface area (Å²) in [5.41, 5.74) is 1.36. The van der Waals surface area contributed by atoms with Gasteiger partial charge in [0.05, 0.1) is 25.5 Å². The molecule has 0 fully saturated rings. The van der Waals surface area contributed by atoms with E-state index < -0.39 is 0 Å². The second-order valence-electron chi connectivity index (χ2n) is 4.73. The molecule has 5 nitrogen and oxygen atoms in total. The van der Waals surface area contributed by atoms with Crippen LogP contribution in [0.15, 0.2) is 12.1 Å². The summed E-state index contributed by atoms with van der Waals surface area (Å²) in [4.78, 5) is 4.43. The third kappa shape index (κ3) is 2.16. The molecule has 0 radical (unpaired) electrons. The highest BCUT2D eigenvalue weighted by atomic mass is 16.5. The monoisotopic (exact) mass is 262 g/mol. The van der Waals surface area contributed by atoms with Crippen LogP contribution in [0.25, 0.3) is 10.9 Å². The van der Waals surface area contributed by atoms with Gasteiger partial charge in [0.2, 0.25) is 0 Å². The molecule has 5 heteroatoms. The Morgan fingerprint density at radius 1 is 1.16 bits per heavy atom. The fourth-order valence-corrected chi connectivity index (χ4v) is 2.06. The van der Waals surface area contributed by atoms with Crippen molar-refractivity contribution in [1.82, 2.24) is 4.98 Å². The lowest BCUT2D eigenvalue weighted by Gasteiger charge is -2.14. The number of nitrogens with zero attached hydrogens (tertiary/aromatic N) is 2. The molecule has 1 aromatic heterocycles. The van der Waals surface area contributed by atoms with Crippen LogP contribution in [-0.4, -0.2) is 19.2 Å². The maximum Gasteiger partial charge on any atom is 0.304 e. The number of ether oxygens (including phenoxy) is 2. The fraction of sp³-hybridized carbons (Fsp3) is 0.429. The van der Waals surface area contributed by atoms with Gasteiger partial charge in [0.1, 0.15) is 5.69 Å². The Labute approximate surface area is 112 Å². The molecule has 0 aliphatic carbocycles. The average Bonchev–Trinajstić information content (AvgIpc) is 2.41. The van der Waals surface area contributed by atoms with Gasteiger partial charge in [-0.2, -0.15) is 0 Å². The summed E-state index contributed by atoms with van der Waals surface area (Å²) < 4.78 is 11.4. The number of fused-ring (bicyclic) bond motifs is 1. The summed E-state index contributed by atoms with van der Waals surface area (Å²) in [6.45, 7) is 5.68. The van der Waals surface area contributed by atoms with Gasteiger partial charge >= 0.3 is 5.82 Å². The third-order valence-corrected chi connectivity index (χ3v) is 3.16. The quantitative estimate of drug-likeness (QED) is 0.629. The fourth-order valence-electron chi connectivity index (χ4n) is 2.06.